The highest BCUT2D eigenvalue weighted by Gasteiger charge is 2.16. The molecule has 3 aromatic rings. The largest absolute Gasteiger partial charge is 0.380 e. The van der Waals surface area contributed by atoms with Crippen LogP contribution < -0.4 is 5.73 Å². The zero-order chi connectivity index (χ0) is 12.5. The lowest BCUT2D eigenvalue weighted by atomic mass is 10.3. The van der Waals surface area contributed by atoms with Gasteiger partial charge in [-0.2, -0.15) is 5.10 Å². The molecule has 0 aliphatic heterocycles. The molecular weight excluding hydrogens is 250 g/mol. The average Bonchev–Trinajstić information content (AvgIpc) is 3.04. The van der Waals surface area contributed by atoms with Crippen LogP contribution in [0.15, 0.2) is 23.8 Å². The van der Waals surface area contributed by atoms with Crippen molar-refractivity contribution < 1.29 is 0 Å². The van der Waals surface area contributed by atoms with Gasteiger partial charge in [0.15, 0.2) is 5.82 Å². The summed E-state index contributed by atoms with van der Waals surface area (Å²) in [7, 11) is 1.86. The van der Waals surface area contributed by atoms with Crippen molar-refractivity contribution in [2.45, 2.75) is 6.54 Å². The molecule has 3 heterocycles. The van der Waals surface area contributed by atoms with Gasteiger partial charge in [0, 0.05) is 24.8 Å². The van der Waals surface area contributed by atoms with E-state index in [1.807, 2.05) is 18.5 Å². The number of rotatable bonds is 3. The van der Waals surface area contributed by atoms with Gasteiger partial charge in [0.05, 0.1) is 12.2 Å². The summed E-state index contributed by atoms with van der Waals surface area (Å²) in [5.74, 6) is 0.398. The van der Waals surface area contributed by atoms with Crippen molar-refractivity contribution in [3.63, 3.8) is 0 Å². The Balaban J connectivity index is 2.04. The van der Waals surface area contributed by atoms with Gasteiger partial charge in [-0.15, -0.1) is 16.4 Å². The molecule has 3 rings (SSSR count). The van der Waals surface area contributed by atoms with Crippen LogP contribution in [0, 0.1) is 0 Å². The number of thiazole rings is 1. The number of anilines is 1. The van der Waals surface area contributed by atoms with Crippen LogP contribution in [0.1, 0.15) is 5.01 Å². The molecule has 0 bridgehead atoms. The number of nitrogens with two attached hydrogens (primary N) is 1. The third-order valence-corrected chi connectivity index (χ3v) is 3.36. The van der Waals surface area contributed by atoms with Crippen molar-refractivity contribution >= 4 is 17.2 Å². The Morgan fingerprint density at radius 3 is 2.94 bits per heavy atom. The third kappa shape index (κ3) is 1.76. The number of nitrogen functional groups attached to an aromatic ring is 1. The van der Waals surface area contributed by atoms with Gasteiger partial charge in [0.1, 0.15) is 10.7 Å². The molecule has 7 nitrogen and oxygen atoms in total. The minimum absolute atomic E-state index is 0.398. The van der Waals surface area contributed by atoms with E-state index in [9.17, 15) is 0 Å². The van der Waals surface area contributed by atoms with Gasteiger partial charge in [-0.1, -0.05) is 5.21 Å². The van der Waals surface area contributed by atoms with Gasteiger partial charge >= 0.3 is 0 Å². The molecule has 0 atom stereocenters. The van der Waals surface area contributed by atoms with Gasteiger partial charge in [-0.25, -0.2) is 9.67 Å². The Kier molecular flexibility index (Phi) is 2.56. The molecule has 0 aliphatic carbocycles. The van der Waals surface area contributed by atoms with E-state index in [1.54, 1.807) is 33.1 Å². The highest BCUT2D eigenvalue weighted by molar-refractivity contribution is 7.09. The third-order valence-electron chi connectivity index (χ3n) is 2.59. The molecule has 2 N–H and O–H groups in total. The molecule has 0 saturated heterocycles. The fourth-order valence-corrected chi connectivity index (χ4v) is 2.36. The van der Waals surface area contributed by atoms with E-state index < -0.39 is 0 Å². The van der Waals surface area contributed by atoms with Crippen LogP contribution in [-0.4, -0.2) is 29.8 Å². The molecule has 0 fully saturated rings. The number of nitrogens with zero attached hydrogens (tertiary/aromatic N) is 6. The second-order valence-corrected chi connectivity index (χ2v) is 4.73. The lowest BCUT2D eigenvalue weighted by molar-refractivity contribution is 0.646. The molecule has 8 heteroatoms. The molecule has 0 spiro atoms. The minimum Gasteiger partial charge on any atom is -0.380 e. The topological polar surface area (TPSA) is 87.4 Å². The summed E-state index contributed by atoms with van der Waals surface area (Å²) < 4.78 is 3.48. The molecule has 0 aliphatic rings. The molecule has 0 radical (unpaired) electrons. The highest BCUT2D eigenvalue weighted by Crippen LogP contribution is 2.23. The van der Waals surface area contributed by atoms with Gasteiger partial charge in [0.25, 0.3) is 0 Å². The van der Waals surface area contributed by atoms with Crippen LogP contribution in [-0.2, 0) is 13.6 Å². The van der Waals surface area contributed by atoms with Crippen molar-refractivity contribution in [1.29, 1.82) is 0 Å². The van der Waals surface area contributed by atoms with Gasteiger partial charge in [-0.3, -0.25) is 4.68 Å². The Bertz CT molecular complexity index is 652. The zero-order valence-electron chi connectivity index (χ0n) is 9.69. The van der Waals surface area contributed by atoms with E-state index in [1.165, 1.54) is 0 Å². The summed E-state index contributed by atoms with van der Waals surface area (Å²) in [4.78, 5) is 4.23. The average molecular weight is 261 g/mol. The summed E-state index contributed by atoms with van der Waals surface area (Å²) in [5.41, 5.74) is 7.53. The number of hydrogen-bond donors (Lipinski definition) is 1. The van der Waals surface area contributed by atoms with Crippen molar-refractivity contribution in [3.8, 4) is 11.4 Å². The first-order valence-corrected chi connectivity index (χ1v) is 6.19. The van der Waals surface area contributed by atoms with Gasteiger partial charge in [-0.05, 0) is 6.07 Å². The lowest BCUT2D eigenvalue weighted by Gasteiger charge is -2.05. The van der Waals surface area contributed by atoms with Crippen LogP contribution in [0.4, 0.5) is 5.82 Å². The monoisotopic (exact) mass is 261 g/mol. The maximum atomic E-state index is 5.88. The maximum absolute atomic E-state index is 5.88. The van der Waals surface area contributed by atoms with Gasteiger partial charge < -0.3 is 5.73 Å². The quantitative estimate of drug-likeness (QED) is 0.752. The van der Waals surface area contributed by atoms with Gasteiger partial charge in [0.2, 0.25) is 0 Å². The first kappa shape index (κ1) is 10.9. The summed E-state index contributed by atoms with van der Waals surface area (Å²) in [6, 6.07) is 1.88. The normalized spacial score (nSPS) is 10.9. The van der Waals surface area contributed by atoms with Crippen LogP contribution >= 0.6 is 11.3 Å². The van der Waals surface area contributed by atoms with Crippen molar-refractivity contribution in [3.05, 3.63) is 28.8 Å². The van der Waals surface area contributed by atoms with Crippen LogP contribution in [0.5, 0.6) is 0 Å². The van der Waals surface area contributed by atoms with E-state index in [-0.39, 0.29) is 0 Å². The molecular formula is C10H11N7S. The predicted octanol–water partition coefficient (Wildman–Crippen LogP) is 0.766. The van der Waals surface area contributed by atoms with Crippen molar-refractivity contribution in [2.75, 3.05) is 5.73 Å². The Morgan fingerprint density at radius 2 is 2.28 bits per heavy atom. The molecule has 0 amide bonds. The zero-order valence-corrected chi connectivity index (χ0v) is 10.5. The standard InChI is InChI=1S/C10H11N7S/c1-16-7(2-3-13-16)9-10(11)14-15-17(9)6-8-12-4-5-18-8/h2-5H,6,11H2,1H3. The first-order valence-electron chi connectivity index (χ1n) is 5.31. The number of hydrogen-bond acceptors (Lipinski definition) is 6. The molecule has 92 valence electrons. The SMILES string of the molecule is Cn1nccc1-c1c(N)nnn1Cc1nccs1. The molecule has 18 heavy (non-hydrogen) atoms. The summed E-state index contributed by atoms with van der Waals surface area (Å²) in [6.07, 6.45) is 3.49. The summed E-state index contributed by atoms with van der Waals surface area (Å²) in [6.45, 7) is 0.558. The molecule has 0 aromatic carbocycles. The predicted molar refractivity (Wildman–Crippen MR) is 67.9 cm³/mol. The van der Waals surface area contributed by atoms with E-state index in [2.05, 4.69) is 20.4 Å². The maximum Gasteiger partial charge on any atom is 0.175 e. The Labute approximate surface area is 107 Å². The van der Waals surface area contributed by atoms with E-state index in [4.69, 9.17) is 5.73 Å². The first-order chi connectivity index (χ1) is 8.75. The molecule has 0 unspecified atom stereocenters. The van der Waals surface area contributed by atoms with Crippen LogP contribution in [0.3, 0.4) is 0 Å². The van der Waals surface area contributed by atoms with Crippen molar-refractivity contribution in [1.82, 2.24) is 29.8 Å². The summed E-state index contributed by atoms with van der Waals surface area (Å²) in [5, 5.41) is 15.0. The second kappa shape index (κ2) is 4.22. The van der Waals surface area contributed by atoms with E-state index >= 15 is 0 Å². The Morgan fingerprint density at radius 1 is 1.39 bits per heavy atom. The second-order valence-electron chi connectivity index (χ2n) is 3.75. The Hall–Kier alpha value is -2.22. The van der Waals surface area contributed by atoms with Crippen molar-refractivity contribution in [2.24, 2.45) is 7.05 Å². The number of aryl methyl sites for hydroxylation is 1. The lowest BCUT2D eigenvalue weighted by Crippen LogP contribution is -2.06. The fraction of sp³-hybridized carbons (Fsp3) is 0.200. The van der Waals surface area contributed by atoms with Crippen LogP contribution in [0.25, 0.3) is 11.4 Å². The van der Waals surface area contributed by atoms with Crippen LogP contribution in [0.2, 0.25) is 0 Å². The smallest absolute Gasteiger partial charge is 0.175 e. The number of aromatic nitrogens is 6. The highest BCUT2D eigenvalue weighted by atomic mass is 32.1. The molecule has 0 saturated carbocycles. The molecule has 3 aromatic heterocycles. The minimum atomic E-state index is 0.398. The summed E-state index contributed by atoms with van der Waals surface area (Å²) >= 11 is 1.57. The fourth-order valence-electron chi connectivity index (χ4n) is 1.77. The van der Waals surface area contributed by atoms with E-state index in [0.29, 0.717) is 12.4 Å². The van der Waals surface area contributed by atoms with E-state index in [0.717, 1.165) is 16.4 Å².